The zero-order valence-corrected chi connectivity index (χ0v) is 11.2. The Labute approximate surface area is 114 Å². The monoisotopic (exact) mass is 335 g/mol. The lowest BCUT2D eigenvalue weighted by molar-refractivity contribution is 1.09. The van der Waals surface area contributed by atoms with Gasteiger partial charge in [0.2, 0.25) is 0 Å². The topological polar surface area (TPSA) is 48.7 Å². The van der Waals surface area contributed by atoms with E-state index in [4.69, 9.17) is 5.26 Å². The molecule has 0 atom stereocenters. The van der Waals surface area contributed by atoms with Gasteiger partial charge in [-0.2, -0.15) is 5.26 Å². The highest BCUT2D eigenvalue weighted by atomic mass is 127. The van der Waals surface area contributed by atoms with Gasteiger partial charge in [-0.15, -0.1) is 0 Å². The second kappa shape index (κ2) is 5.64. The van der Waals surface area contributed by atoms with Gasteiger partial charge in [-0.3, -0.25) is 0 Å². The molecule has 1 aromatic heterocycles. The molecule has 2 rings (SSSR count). The Hall–Kier alpha value is -1.61. The van der Waals surface area contributed by atoms with Crippen LogP contribution in [-0.4, -0.2) is 4.98 Å². The predicted octanol–water partition coefficient (Wildman–Crippen LogP) is 3.17. The second-order valence-corrected chi connectivity index (χ2v) is 4.73. The average Bonchev–Trinajstić information content (AvgIpc) is 2.38. The number of pyridine rings is 1. The van der Waals surface area contributed by atoms with Crippen LogP contribution in [0.15, 0.2) is 42.6 Å². The number of hydrogen-bond donors (Lipinski definition) is 1. The maximum Gasteiger partial charge on any atom is 0.145 e. The van der Waals surface area contributed by atoms with E-state index in [0.29, 0.717) is 12.2 Å². The Kier molecular flexibility index (Phi) is 3.94. The van der Waals surface area contributed by atoms with Gasteiger partial charge >= 0.3 is 0 Å². The Morgan fingerprint density at radius 3 is 2.71 bits per heavy atom. The van der Waals surface area contributed by atoms with E-state index < -0.39 is 0 Å². The van der Waals surface area contributed by atoms with Crippen molar-refractivity contribution in [3.8, 4) is 6.07 Å². The number of hydrogen-bond acceptors (Lipinski definition) is 3. The molecule has 0 unspecified atom stereocenters. The molecule has 0 fully saturated rings. The van der Waals surface area contributed by atoms with Gasteiger partial charge in [-0.05, 0) is 52.9 Å². The van der Waals surface area contributed by atoms with Crippen LogP contribution >= 0.6 is 22.6 Å². The van der Waals surface area contributed by atoms with Crippen LogP contribution in [-0.2, 0) is 6.54 Å². The molecule has 0 saturated heterocycles. The summed E-state index contributed by atoms with van der Waals surface area (Å²) in [6, 6.07) is 13.9. The van der Waals surface area contributed by atoms with Crippen LogP contribution in [0.4, 0.5) is 5.69 Å². The van der Waals surface area contributed by atoms with Crippen molar-refractivity contribution in [3.05, 3.63) is 57.4 Å². The number of nitriles is 1. The lowest BCUT2D eigenvalue weighted by atomic mass is 10.2. The third-order valence-electron chi connectivity index (χ3n) is 2.32. The summed E-state index contributed by atoms with van der Waals surface area (Å²) in [5, 5.41) is 12.2. The van der Waals surface area contributed by atoms with Gasteiger partial charge in [0, 0.05) is 27.6 Å². The van der Waals surface area contributed by atoms with Gasteiger partial charge in [0.05, 0.1) is 0 Å². The Morgan fingerprint density at radius 1 is 1.24 bits per heavy atom. The summed E-state index contributed by atoms with van der Waals surface area (Å²) in [6.07, 6.45) is 1.63. The Morgan fingerprint density at radius 2 is 2.00 bits per heavy atom. The second-order valence-electron chi connectivity index (χ2n) is 3.48. The lowest BCUT2D eigenvalue weighted by Crippen LogP contribution is -2.02. The van der Waals surface area contributed by atoms with Crippen molar-refractivity contribution in [3.63, 3.8) is 0 Å². The molecule has 0 spiro atoms. The lowest BCUT2D eigenvalue weighted by Gasteiger charge is -2.07. The summed E-state index contributed by atoms with van der Waals surface area (Å²) in [6.45, 7) is 0.608. The van der Waals surface area contributed by atoms with E-state index in [-0.39, 0.29) is 0 Å². The molecule has 1 N–H and O–H groups in total. The van der Waals surface area contributed by atoms with Gasteiger partial charge in [0.15, 0.2) is 0 Å². The van der Waals surface area contributed by atoms with Crippen LogP contribution in [0.25, 0.3) is 0 Å². The number of halogens is 1. The fourth-order valence-corrected chi connectivity index (χ4v) is 1.81. The minimum Gasteiger partial charge on any atom is -0.381 e. The van der Waals surface area contributed by atoms with Crippen molar-refractivity contribution in [1.29, 1.82) is 5.26 Å². The molecule has 1 aromatic carbocycles. The third kappa shape index (κ3) is 3.17. The molecule has 0 amide bonds. The van der Waals surface area contributed by atoms with Crippen LogP contribution in [0.3, 0.4) is 0 Å². The molecule has 0 aliphatic heterocycles. The molecule has 3 nitrogen and oxygen atoms in total. The van der Waals surface area contributed by atoms with Crippen molar-refractivity contribution in [1.82, 2.24) is 4.98 Å². The van der Waals surface area contributed by atoms with Crippen LogP contribution in [0.5, 0.6) is 0 Å². The smallest absolute Gasteiger partial charge is 0.145 e. The fourth-order valence-electron chi connectivity index (χ4n) is 1.45. The van der Waals surface area contributed by atoms with Crippen molar-refractivity contribution in [2.75, 3.05) is 5.32 Å². The van der Waals surface area contributed by atoms with Gasteiger partial charge in [-0.25, -0.2) is 4.98 Å². The maximum atomic E-state index is 8.91. The van der Waals surface area contributed by atoms with Crippen molar-refractivity contribution in [2.24, 2.45) is 0 Å². The highest BCUT2D eigenvalue weighted by molar-refractivity contribution is 14.1. The number of anilines is 1. The van der Waals surface area contributed by atoms with Crippen molar-refractivity contribution < 1.29 is 0 Å². The first kappa shape index (κ1) is 11.9. The first-order valence-corrected chi connectivity index (χ1v) is 6.21. The number of aromatic nitrogens is 1. The molecule has 17 heavy (non-hydrogen) atoms. The van der Waals surface area contributed by atoms with E-state index in [1.54, 1.807) is 6.20 Å². The molecule has 0 aliphatic carbocycles. The predicted molar refractivity (Wildman–Crippen MR) is 75.4 cm³/mol. The van der Waals surface area contributed by atoms with Gasteiger partial charge in [0.25, 0.3) is 0 Å². The molecule has 4 heteroatoms. The summed E-state index contributed by atoms with van der Waals surface area (Å²) in [5.74, 6) is 0. The number of nitrogens with zero attached hydrogens (tertiary/aromatic N) is 2. The molecule has 0 bridgehead atoms. The van der Waals surface area contributed by atoms with E-state index in [9.17, 15) is 0 Å². The first-order valence-electron chi connectivity index (χ1n) is 5.13. The highest BCUT2D eigenvalue weighted by Gasteiger charge is 2.01. The largest absolute Gasteiger partial charge is 0.381 e. The number of nitrogens with one attached hydrogen (secondary N) is 1. The summed E-state index contributed by atoms with van der Waals surface area (Å²) < 4.78 is 1.20. The molecular formula is C13H10IN3. The van der Waals surface area contributed by atoms with Crippen molar-refractivity contribution >= 4 is 28.3 Å². The maximum absolute atomic E-state index is 8.91. The van der Waals surface area contributed by atoms with Crippen LogP contribution < -0.4 is 5.32 Å². The van der Waals surface area contributed by atoms with Gasteiger partial charge in [-0.1, -0.05) is 6.07 Å². The Bertz CT molecular complexity index is 543. The summed E-state index contributed by atoms with van der Waals surface area (Å²) in [4.78, 5) is 4.02. The van der Waals surface area contributed by atoms with Gasteiger partial charge in [0.1, 0.15) is 11.8 Å². The summed E-state index contributed by atoms with van der Waals surface area (Å²) >= 11 is 2.27. The van der Waals surface area contributed by atoms with E-state index >= 15 is 0 Å². The van der Waals surface area contributed by atoms with E-state index in [1.165, 1.54) is 3.57 Å². The van der Waals surface area contributed by atoms with E-state index in [1.807, 2.05) is 36.4 Å². The van der Waals surface area contributed by atoms with Crippen LogP contribution in [0.2, 0.25) is 0 Å². The zero-order chi connectivity index (χ0) is 12.1. The first-order chi connectivity index (χ1) is 8.29. The molecular weight excluding hydrogens is 325 g/mol. The molecule has 1 heterocycles. The summed E-state index contributed by atoms with van der Waals surface area (Å²) in [5.41, 5.74) is 2.43. The minimum atomic E-state index is 0.477. The quantitative estimate of drug-likeness (QED) is 0.877. The van der Waals surface area contributed by atoms with Crippen LogP contribution in [0.1, 0.15) is 11.3 Å². The molecule has 0 radical (unpaired) electrons. The number of benzene rings is 1. The summed E-state index contributed by atoms with van der Waals surface area (Å²) in [7, 11) is 0. The fraction of sp³-hybridized carbons (Fsp3) is 0.0769. The standard InChI is InChI=1S/C13H10IN3/c14-11-3-5-12(6-4-11)17-9-10-2-1-7-16-13(10)8-15/h1-7,17H,9H2. The molecule has 0 aliphatic rings. The Balaban J connectivity index is 2.08. The highest BCUT2D eigenvalue weighted by Crippen LogP contribution is 2.13. The molecule has 2 aromatic rings. The van der Waals surface area contributed by atoms with E-state index in [2.05, 4.69) is 39.0 Å². The van der Waals surface area contributed by atoms with Crippen LogP contribution in [0, 0.1) is 14.9 Å². The molecule has 84 valence electrons. The van der Waals surface area contributed by atoms with Gasteiger partial charge < -0.3 is 5.32 Å². The normalized spacial score (nSPS) is 9.65. The number of rotatable bonds is 3. The third-order valence-corrected chi connectivity index (χ3v) is 3.04. The average molecular weight is 335 g/mol. The van der Waals surface area contributed by atoms with Crippen molar-refractivity contribution in [2.45, 2.75) is 6.54 Å². The SMILES string of the molecule is N#Cc1ncccc1CNc1ccc(I)cc1. The minimum absolute atomic E-state index is 0.477. The molecule has 0 saturated carbocycles. The zero-order valence-electron chi connectivity index (χ0n) is 9.02. The van der Waals surface area contributed by atoms with E-state index in [0.717, 1.165) is 11.3 Å².